The topological polar surface area (TPSA) is 69.9 Å². The van der Waals surface area contributed by atoms with Gasteiger partial charge in [-0.15, -0.1) is 0 Å². The van der Waals surface area contributed by atoms with Crippen molar-refractivity contribution in [1.29, 1.82) is 0 Å². The van der Waals surface area contributed by atoms with E-state index >= 15 is 4.39 Å². The molecule has 5 aromatic rings. The molecule has 2 aromatic heterocycles. The predicted octanol–water partition coefficient (Wildman–Crippen LogP) is 6.72. The van der Waals surface area contributed by atoms with Crippen molar-refractivity contribution in [1.82, 2.24) is 19.4 Å². The summed E-state index contributed by atoms with van der Waals surface area (Å²) in [6.07, 6.45) is 7.95. The van der Waals surface area contributed by atoms with E-state index in [1.165, 1.54) is 17.0 Å². The van der Waals surface area contributed by atoms with Crippen LogP contribution in [0.3, 0.4) is 0 Å². The molecule has 1 saturated carbocycles. The molecule has 7 rings (SSSR count). The molecular formula is C39H45FN4O4. The third-order valence-corrected chi connectivity index (χ3v) is 10.1. The summed E-state index contributed by atoms with van der Waals surface area (Å²) in [4.78, 5) is 16.8. The van der Waals surface area contributed by atoms with Crippen LogP contribution in [0.1, 0.15) is 48.3 Å². The average Bonchev–Trinajstić information content (AvgIpc) is 3.81. The number of aromatic nitrogens is 2. The number of aryl methyl sites for hydroxylation is 1. The minimum absolute atomic E-state index is 0.0538. The Hall–Kier alpha value is -4.34. The second-order valence-corrected chi connectivity index (χ2v) is 13.2. The molecule has 1 saturated heterocycles. The molecule has 1 amide bonds. The number of nitrogens with zero attached hydrogens (tertiary/aromatic N) is 3. The molecule has 8 nitrogen and oxygen atoms in total. The van der Waals surface area contributed by atoms with Crippen LogP contribution >= 0.6 is 0 Å². The van der Waals surface area contributed by atoms with Crippen LogP contribution < -0.4 is 14.8 Å². The molecule has 2 atom stereocenters. The molecule has 2 fully saturated rings. The zero-order valence-electron chi connectivity index (χ0n) is 28.1. The van der Waals surface area contributed by atoms with E-state index in [4.69, 9.17) is 14.2 Å². The predicted molar refractivity (Wildman–Crippen MR) is 186 cm³/mol. The molecule has 1 N–H and O–H groups in total. The highest BCUT2D eigenvalue weighted by molar-refractivity contribution is 5.88. The Labute approximate surface area is 281 Å². The fourth-order valence-electron chi connectivity index (χ4n) is 7.59. The van der Waals surface area contributed by atoms with Gasteiger partial charge in [-0.3, -0.25) is 4.79 Å². The number of hydrogen-bond acceptors (Lipinski definition) is 5. The zero-order valence-corrected chi connectivity index (χ0v) is 28.1. The highest BCUT2D eigenvalue weighted by Gasteiger charge is 2.41. The number of carbonyl (C=O) groups excluding carboxylic acids is 1. The van der Waals surface area contributed by atoms with E-state index in [2.05, 4.69) is 44.9 Å². The smallest absolute Gasteiger partial charge is 0.228 e. The lowest BCUT2D eigenvalue weighted by atomic mass is 9.80. The first kappa shape index (κ1) is 32.2. The first-order valence-corrected chi connectivity index (χ1v) is 17.0. The number of amides is 1. The summed E-state index contributed by atoms with van der Waals surface area (Å²) in [7, 11) is 5.03. The lowest BCUT2D eigenvalue weighted by Gasteiger charge is -2.35. The number of hydrogen-bond donors (Lipinski definition) is 1. The SMILES string of the molecule is COCCCn1cc(CN(C(=O)[C@H]2CNCC[C@@H]2c2cn(Cc3cc(OC)cc(OC)c3)c3ccccc23)C2CC2)c2c(F)cccc21. The highest BCUT2D eigenvalue weighted by atomic mass is 19.1. The number of piperidine rings is 1. The number of rotatable bonds is 13. The molecule has 3 heterocycles. The highest BCUT2D eigenvalue weighted by Crippen LogP contribution is 2.40. The average molecular weight is 653 g/mol. The number of nitrogens with one attached hydrogen (secondary N) is 1. The van der Waals surface area contributed by atoms with Crippen molar-refractivity contribution < 1.29 is 23.4 Å². The number of ether oxygens (including phenoxy) is 3. The standard InChI is InChI=1S/C39H45FN4O4/c1-46-17-7-16-42-23-27(38-35(40)9-6-11-37(38)42)24-44(28-12-13-28)39(45)33-21-41-15-14-31(33)34-25-43(36-10-5-4-8-32(34)36)22-26-18-29(47-2)20-30(19-26)48-3/h4-6,8-11,18-20,23,25,28,31,33,41H,7,12-17,21-22,24H2,1-3H3/t31-,33-/m0/s1. The molecule has 0 radical (unpaired) electrons. The molecule has 1 aliphatic heterocycles. The van der Waals surface area contributed by atoms with Crippen molar-refractivity contribution in [2.24, 2.45) is 5.92 Å². The minimum atomic E-state index is -0.241. The molecular weight excluding hydrogens is 607 g/mol. The summed E-state index contributed by atoms with van der Waals surface area (Å²) in [5, 5.41) is 5.32. The van der Waals surface area contributed by atoms with Gasteiger partial charge in [0.2, 0.25) is 5.91 Å². The van der Waals surface area contributed by atoms with E-state index in [9.17, 15) is 4.79 Å². The van der Waals surface area contributed by atoms with E-state index in [1.807, 2.05) is 35.4 Å². The molecule has 252 valence electrons. The van der Waals surface area contributed by atoms with Gasteiger partial charge in [0.25, 0.3) is 0 Å². The van der Waals surface area contributed by atoms with Crippen LogP contribution in [0, 0.1) is 11.7 Å². The van der Waals surface area contributed by atoms with Gasteiger partial charge in [0.05, 0.1) is 25.7 Å². The lowest BCUT2D eigenvalue weighted by molar-refractivity contribution is -0.138. The van der Waals surface area contributed by atoms with Crippen LogP contribution in [-0.2, 0) is 29.2 Å². The van der Waals surface area contributed by atoms with Crippen LogP contribution in [0.2, 0.25) is 0 Å². The fourth-order valence-corrected chi connectivity index (χ4v) is 7.59. The number of carbonyl (C=O) groups is 1. The maximum Gasteiger partial charge on any atom is 0.228 e. The van der Waals surface area contributed by atoms with Gasteiger partial charge in [-0.2, -0.15) is 0 Å². The van der Waals surface area contributed by atoms with Crippen molar-refractivity contribution in [3.63, 3.8) is 0 Å². The first-order chi connectivity index (χ1) is 23.5. The molecule has 1 aliphatic carbocycles. The second-order valence-electron chi connectivity index (χ2n) is 13.2. The van der Waals surface area contributed by atoms with E-state index in [0.29, 0.717) is 31.6 Å². The molecule has 0 unspecified atom stereocenters. The van der Waals surface area contributed by atoms with E-state index in [-0.39, 0.29) is 29.6 Å². The maximum atomic E-state index is 15.4. The summed E-state index contributed by atoms with van der Waals surface area (Å²) in [6, 6.07) is 19.9. The van der Waals surface area contributed by atoms with Crippen molar-refractivity contribution >= 4 is 27.7 Å². The zero-order chi connectivity index (χ0) is 33.2. The summed E-state index contributed by atoms with van der Waals surface area (Å²) >= 11 is 0. The van der Waals surface area contributed by atoms with Crippen molar-refractivity contribution in [3.8, 4) is 11.5 Å². The van der Waals surface area contributed by atoms with Gasteiger partial charge < -0.3 is 33.6 Å². The third kappa shape index (κ3) is 6.41. The van der Waals surface area contributed by atoms with Gasteiger partial charge in [-0.25, -0.2) is 4.39 Å². The van der Waals surface area contributed by atoms with Gasteiger partial charge in [0.1, 0.15) is 17.3 Å². The largest absolute Gasteiger partial charge is 0.497 e. The van der Waals surface area contributed by atoms with Crippen LogP contribution in [0.4, 0.5) is 4.39 Å². The Kier molecular flexibility index (Phi) is 9.41. The van der Waals surface area contributed by atoms with Crippen LogP contribution in [-0.4, -0.2) is 67.0 Å². The third-order valence-electron chi connectivity index (χ3n) is 10.1. The molecule has 0 bridgehead atoms. The van der Waals surface area contributed by atoms with Crippen molar-refractivity contribution in [3.05, 3.63) is 95.6 Å². The first-order valence-electron chi connectivity index (χ1n) is 17.0. The Morgan fingerprint density at radius 2 is 1.71 bits per heavy atom. The van der Waals surface area contributed by atoms with Gasteiger partial charge in [0, 0.05) is 86.6 Å². The molecule has 3 aromatic carbocycles. The summed E-state index contributed by atoms with van der Waals surface area (Å²) < 4.78 is 36.1. The van der Waals surface area contributed by atoms with Crippen molar-refractivity contribution in [2.75, 3.05) is 41.0 Å². The number of fused-ring (bicyclic) bond motifs is 2. The monoisotopic (exact) mass is 652 g/mol. The van der Waals surface area contributed by atoms with Crippen molar-refractivity contribution in [2.45, 2.75) is 57.3 Å². The Morgan fingerprint density at radius 1 is 0.938 bits per heavy atom. The molecule has 48 heavy (non-hydrogen) atoms. The Morgan fingerprint density at radius 3 is 2.46 bits per heavy atom. The number of para-hydroxylation sites is 1. The lowest BCUT2D eigenvalue weighted by Crippen LogP contribution is -2.47. The molecule has 0 spiro atoms. The van der Waals surface area contributed by atoms with Gasteiger partial charge in [-0.1, -0.05) is 24.3 Å². The second kappa shape index (κ2) is 14.0. The summed E-state index contributed by atoms with van der Waals surface area (Å²) in [5.74, 6) is 1.25. The van der Waals surface area contributed by atoms with E-state index in [1.54, 1.807) is 27.4 Å². The molecule has 9 heteroatoms. The van der Waals surface area contributed by atoms with E-state index < -0.39 is 0 Å². The Bertz CT molecular complexity index is 1890. The van der Waals surface area contributed by atoms with E-state index in [0.717, 1.165) is 72.4 Å². The van der Waals surface area contributed by atoms with Gasteiger partial charge in [-0.05, 0) is 79.3 Å². The fraction of sp³-hybridized carbons (Fsp3) is 0.410. The van der Waals surface area contributed by atoms with Gasteiger partial charge in [0.15, 0.2) is 0 Å². The maximum absolute atomic E-state index is 15.4. The Balaban J connectivity index is 1.20. The minimum Gasteiger partial charge on any atom is -0.497 e. The molecule has 2 aliphatic rings. The summed E-state index contributed by atoms with van der Waals surface area (Å²) in [5.41, 5.74) is 5.14. The van der Waals surface area contributed by atoms with Gasteiger partial charge >= 0.3 is 0 Å². The number of benzene rings is 3. The van der Waals surface area contributed by atoms with Crippen LogP contribution in [0.15, 0.2) is 73.1 Å². The number of halogens is 1. The summed E-state index contributed by atoms with van der Waals surface area (Å²) in [6.45, 7) is 3.88. The van der Waals surface area contributed by atoms with Crippen LogP contribution in [0.5, 0.6) is 11.5 Å². The normalized spacial score (nSPS) is 18.0. The quantitative estimate of drug-likeness (QED) is 0.143. The number of methoxy groups -OCH3 is 3. The van der Waals surface area contributed by atoms with Crippen LogP contribution in [0.25, 0.3) is 21.8 Å².